The minimum absolute atomic E-state index is 0.771. The Hall–Kier alpha value is -2.51. The summed E-state index contributed by atoms with van der Waals surface area (Å²) in [6.45, 7) is 5.03. The van der Waals surface area contributed by atoms with Crippen molar-refractivity contribution in [3.8, 4) is 22.0 Å². The molecular weight excluding hydrogens is 374 g/mol. The highest BCUT2D eigenvalue weighted by Crippen LogP contribution is 2.30. The van der Waals surface area contributed by atoms with E-state index in [4.69, 9.17) is 4.98 Å². The zero-order chi connectivity index (χ0) is 18.6. The van der Waals surface area contributed by atoms with Crippen LogP contribution in [0.5, 0.6) is 0 Å². The van der Waals surface area contributed by atoms with E-state index in [1.54, 1.807) is 29.3 Å². The van der Waals surface area contributed by atoms with Crippen LogP contribution in [0.4, 0.5) is 0 Å². The Kier molecular flexibility index (Phi) is 5.31. The van der Waals surface area contributed by atoms with Crippen LogP contribution in [0.3, 0.4) is 0 Å². The number of aromatic nitrogens is 5. The van der Waals surface area contributed by atoms with E-state index in [9.17, 15) is 0 Å². The molecule has 0 amide bonds. The average molecular weight is 394 g/mol. The van der Waals surface area contributed by atoms with Gasteiger partial charge in [-0.3, -0.25) is 4.98 Å². The molecule has 0 bridgehead atoms. The van der Waals surface area contributed by atoms with Crippen LogP contribution in [0, 0.1) is 6.92 Å². The lowest BCUT2D eigenvalue weighted by Gasteiger charge is -2.06. The van der Waals surface area contributed by atoms with E-state index in [1.165, 1.54) is 11.1 Å². The van der Waals surface area contributed by atoms with E-state index in [0.29, 0.717) is 0 Å². The van der Waals surface area contributed by atoms with E-state index in [2.05, 4.69) is 63.2 Å². The molecular formula is C20H19N5S2. The van der Waals surface area contributed by atoms with Crippen LogP contribution in [-0.4, -0.2) is 24.7 Å². The topological polar surface area (TPSA) is 56.5 Å². The van der Waals surface area contributed by atoms with Gasteiger partial charge in [-0.15, -0.1) is 21.5 Å². The second-order valence-corrected chi connectivity index (χ2v) is 7.84. The number of hydrogen-bond acceptors (Lipinski definition) is 6. The van der Waals surface area contributed by atoms with Crippen molar-refractivity contribution in [2.24, 2.45) is 0 Å². The molecule has 0 unspecified atom stereocenters. The first-order valence-corrected chi connectivity index (χ1v) is 10.6. The van der Waals surface area contributed by atoms with Crippen molar-refractivity contribution in [1.29, 1.82) is 0 Å². The highest BCUT2D eigenvalue weighted by atomic mass is 32.2. The maximum absolute atomic E-state index is 4.81. The maximum Gasteiger partial charge on any atom is 0.191 e. The van der Waals surface area contributed by atoms with Gasteiger partial charge < -0.3 is 4.57 Å². The third-order valence-corrected chi connectivity index (χ3v) is 6.15. The van der Waals surface area contributed by atoms with Crippen molar-refractivity contribution in [2.75, 3.05) is 0 Å². The van der Waals surface area contributed by atoms with E-state index in [1.807, 2.05) is 18.3 Å². The quantitative estimate of drug-likeness (QED) is 0.427. The lowest BCUT2D eigenvalue weighted by molar-refractivity contribution is 0.687. The van der Waals surface area contributed by atoms with Gasteiger partial charge in [-0.25, -0.2) is 4.98 Å². The third-order valence-electron chi connectivity index (χ3n) is 4.23. The molecule has 0 saturated carbocycles. The Morgan fingerprint density at radius 1 is 1.11 bits per heavy atom. The van der Waals surface area contributed by atoms with Gasteiger partial charge >= 0.3 is 0 Å². The van der Waals surface area contributed by atoms with Gasteiger partial charge in [0.2, 0.25) is 0 Å². The van der Waals surface area contributed by atoms with Crippen LogP contribution >= 0.6 is 23.1 Å². The second-order valence-electron chi connectivity index (χ2n) is 6.04. The Morgan fingerprint density at radius 2 is 2.00 bits per heavy atom. The van der Waals surface area contributed by atoms with Gasteiger partial charge in [0, 0.05) is 41.2 Å². The third kappa shape index (κ3) is 3.79. The fourth-order valence-corrected chi connectivity index (χ4v) is 4.75. The Morgan fingerprint density at radius 3 is 2.78 bits per heavy atom. The Balaban J connectivity index is 1.52. The smallest absolute Gasteiger partial charge is 0.191 e. The number of rotatable bonds is 6. The predicted octanol–water partition coefficient (Wildman–Crippen LogP) is 5.08. The number of benzene rings is 1. The van der Waals surface area contributed by atoms with Crippen molar-refractivity contribution in [1.82, 2.24) is 24.7 Å². The first kappa shape index (κ1) is 17.9. The van der Waals surface area contributed by atoms with Crippen LogP contribution in [0.1, 0.15) is 18.2 Å². The van der Waals surface area contributed by atoms with Crippen molar-refractivity contribution >= 4 is 23.1 Å². The van der Waals surface area contributed by atoms with Crippen LogP contribution in [0.25, 0.3) is 22.0 Å². The lowest BCUT2D eigenvalue weighted by atomic mass is 10.1. The molecule has 5 nitrogen and oxygen atoms in total. The summed E-state index contributed by atoms with van der Waals surface area (Å²) < 4.78 is 2.12. The van der Waals surface area contributed by atoms with Crippen molar-refractivity contribution in [3.05, 3.63) is 65.4 Å². The van der Waals surface area contributed by atoms with E-state index in [0.717, 1.165) is 39.5 Å². The highest BCUT2D eigenvalue weighted by Gasteiger charge is 2.14. The molecule has 0 aliphatic heterocycles. The molecule has 0 radical (unpaired) electrons. The normalized spacial score (nSPS) is 11.0. The number of aryl methyl sites for hydroxylation is 1. The molecule has 7 heteroatoms. The molecule has 0 spiro atoms. The van der Waals surface area contributed by atoms with Crippen molar-refractivity contribution in [2.45, 2.75) is 31.3 Å². The van der Waals surface area contributed by atoms with Crippen LogP contribution < -0.4 is 0 Å². The lowest BCUT2D eigenvalue weighted by Crippen LogP contribution is -2.00. The summed E-state index contributed by atoms with van der Waals surface area (Å²) in [5.41, 5.74) is 4.50. The first-order chi connectivity index (χ1) is 13.3. The van der Waals surface area contributed by atoms with Gasteiger partial charge in [-0.1, -0.05) is 36.0 Å². The monoisotopic (exact) mass is 393 g/mol. The van der Waals surface area contributed by atoms with Crippen LogP contribution in [0.15, 0.2) is 59.3 Å². The summed E-state index contributed by atoms with van der Waals surface area (Å²) in [6.07, 6.45) is 3.58. The molecule has 3 aromatic heterocycles. The molecule has 4 rings (SSSR count). The van der Waals surface area contributed by atoms with Gasteiger partial charge in [-0.05, 0) is 31.5 Å². The summed E-state index contributed by atoms with van der Waals surface area (Å²) in [6, 6.07) is 12.3. The molecule has 4 aromatic rings. The fraction of sp³-hybridized carbons (Fsp3) is 0.200. The van der Waals surface area contributed by atoms with Crippen molar-refractivity contribution in [3.63, 3.8) is 0 Å². The highest BCUT2D eigenvalue weighted by molar-refractivity contribution is 7.98. The standard InChI is InChI=1S/C20H19N5S2/c1-3-25-18(15-8-6-10-21-11-15)23-24-20(25)27-13-16-12-26-19(22-16)17-9-5-4-7-14(17)2/h4-12H,3,13H2,1-2H3. The molecule has 0 aliphatic carbocycles. The molecule has 136 valence electrons. The molecule has 3 heterocycles. The average Bonchev–Trinajstić information content (AvgIpc) is 3.34. The molecule has 27 heavy (non-hydrogen) atoms. The largest absolute Gasteiger partial charge is 0.302 e. The van der Waals surface area contributed by atoms with Crippen LogP contribution in [0.2, 0.25) is 0 Å². The van der Waals surface area contributed by atoms with Gasteiger partial charge in [0.05, 0.1) is 5.69 Å². The first-order valence-electron chi connectivity index (χ1n) is 8.73. The number of pyridine rings is 1. The summed E-state index contributed by atoms with van der Waals surface area (Å²) in [7, 11) is 0. The summed E-state index contributed by atoms with van der Waals surface area (Å²) in [5, 5.41) is 12.8. The molecule has 1 aromatic carbocycles. The fourth-order valence-electron chi connectivity index (χ4n) is 2.84. The van der Waals surface area contributed by atoms with Crippen LogP contribution in [-0.2, 0) is 12.3 Å². The number of nitrogens with zero attached hydrogens (tertiary/aromatic N) is 5. The van der Waals surface area contributed by atoms with Gasteiger partial charge in [0.15, 0.2) is 11.0 Å². The molecule has 0 fully saturated rings. The molecule has 0 atom stereocenters. The van der Waals surface area contributed by atoms with E-state index >= 15 is 0 Å². The zero-order valence-corrected chi connectivity index (χ0v) is 16.8. The Labute approximate surface area is 166 Å². The number of hydrogen-bond donors (Lipinski definition) is 0. The van der Waals surface area contributed by atoms with E-state index < -0.39 is 0 Å². The second kappa shape index (κ2) is 8.02. The number of thiazole rings is 1. The van der Waals surface area contributed by atoms with Crippen molar-refractivity contribution < 1.29 is 0 Å². The number of thioether (sulfide) groups is 1. The summed E-state index contributed by atoms with van der Waals surface area (Å²) in [5.74, 6) is 1.63. The molecule has 0 saturated heterocycles. The Bertz CT molecular complexity index is 1040. The van der Waals surface area contributed by atoms with Gasteiger partial charge in [0.25, 0.3) is 0 Å². The SMILES string of the molecule is CCn1c(SCc2csc(-c3ccccc3C)n2)nnc1-c1cccnc1. The maximum atomic E-state index is 4.81. The molecule has 0 N–H and O–H groups in total. The van der Waals surface area contributed by atoms with E-state index in [-0.39, 0.29) is 0 Å². The predicted molar refractivity (Wildman–Crippen MR) is 111 cm³/mol. The summed E-state index contributed by atoms with van der Waals surface area (Å²) in [4.78, 5) is 8.99. The minimum atomic E-state index is 0.771. The summed E-state index contributed by atoms with van der Waals surface area (Å²) >= 11 is 3.35. The van der Waals surface area contributed by atoms with Gasteiger partial charge in [-0.2, -0.15) is 0 Å². The minimum Gasteiger partial charge on any atom is -0.302 e. The molecule has 0 aliphatic rings. The van der Waals surface area contributed by atoms with Gasteiger partial charge in [0.1, 0.15) is 5.01 Å². The zero-order valence-electron chi connectivity index (χ0n) is 15.2.